The topological polar surface area (TPSA) is 32.7 Å². The third kappa shape index (κ3) is 1.72. The summed E-state index contributed by atoms with van der Waals surface area (Å²) in [6, 6.07) is 10.2. The van der Waals surface area contributed by atoms with Gasteiger partial charge in [0.2, 0.25) is 0 Å². The highest BCUT2D eigenvalue weighted by Crippen LogP contribution is 2.31. The third-order valence-electron chi connectivity index (χ3n) is 2.34. The van der Waals surface area contributed by atoms with Gasteiger partial charge in [-0.05, 0) is 5.56 Å². The second kappa shape index (κ2) is 3.46. The molecule has 70 valence electrons. The van der Waals surface area contributed by atoms with Gasteiger partial charge in [-0.15, -0.1) is 0 Å². The van der Waals surface area contributed by atoms with Crippen LogP contribution in [0.5, 0.6) is 0 Å². The SMILES string of the molecule is CN1OC(O)CC1c1ccccc1. The van der Waals surface area contributed by atoms with Crippen LogP contribution in [0.25, 0.3) is 0 Å². The molecule has 2 atom stereocenters. The molecule has 0 spiro atoms. The molecule has 3 heteroatoms. The first-order valence-corrected chi connectivity index (χ1v) is 4.40. The van der Waals surface area contributed by atoms with Crippen molar-refractivity contribution in [3.8, 4) is 0 Å². The van der Waals surface area contributed by atoms with Crippen LogP contribution in [0.1, 0.15) is 18.0 Å². The predicted molar refractivity (Wildman–Crippen MR) is 48.7 cm³/mol. The van der Waals surface area contributed by atoms with Gasteiger partial charge in [0, 0.05) is 13.5 Å². The van der Waals surface area contributed by atoms with Gasteiger partial charge in [-0.3, -0.25) is 4.84 Å². The van der Waals surface area contributed by atoms with Crippen LogP contribution in [-0.4, -0.2) is 23.5 Å². The molecule has 0 amide bonds. The molecule has 0 radical (unpaired) electrons. The van der Waals surface area contributed by atoms with Crippen LogP contribution in [0.2, 0.25) is 0 Å². The summed E-state index contributed by atoms with van der Waals surface area (Å²) < 4.78 is 0. The van der Waals surface area contributed by atoms with Crippen LogP contribution in [0, 0.1) is 0 Å². The van der Waals surface area contributed by atoms with Gasteiger partial charge in [0.1, 0.15) is 0 Å². The zero-order chi connectivity index (χ0) is 9.26. The van der Waals surface area contributed by atoms with Gasteiger partial charge in [0.15, 0.2) is 6.29 Å². The van der Waals surface area contributed by atoms with Crippen LogP contribution in [0.3, 0.4) is 0 Å². The fourth-order valence-electron chi connectivity index (χ4n) is 1.67. The van der Waals surface area contributed by atoms with E-state index in [9.17, 15) is 5.11 Å². The Morgan fingerprint density at radius 1 is 1.38 bits per heavy atom. The molecule has 0 aromatic heterocycles. The number of aliphatic hydroxyl groups is 1. The fraction of sp³-hybridized carbons (Fsp3) is 0.400. The number of nitrogens with zero attached hydrogens (tertiary/aromatic N) is 1. The molecule has 1 aromatic carbocycles. The lowest BCUT2D eigenvalue weighted by atomic mass is 10.0. The maximum Gasteiger partial charge on any atom is 0.176 e. The highest BCUT2D eigenvalue weighted by Gasteiger charge is 2.30. The largest absolute Gasteiger partial charge is 0.366 e. The monoisotopic (exact) mass is 179 g/mol. The van der Waals surface area contributed by atoms with E-state index in [1.807, 2.05) is 37.4 Å². The van der Waals surface area contributed by atoms with Crippen LogP contribution in [0.4, 0.5) is 0 Å². The second-order valence-corrected chi connectivity index (χ2v) is 3.27. The van der Waals surface area contributed by atoms with Gasteiger partial charge < -0.3 is 5.11 Å². The molecule has 1 aliphatic rings. The van der Waals surface area contributed by atoms with Crippen molar-refractivity contribution in [2.75, 3.05) is 7.05 Å². The van der Waals surface area contributed by atoms with Gasteiger partial charge >= 0.3 is 0 Å². The van der Waals surface area contributed by atoms with Gasteiger partial charge in [0.05, 0.1) is 6.04 Å². The van der Waals surface area contributed by atoms with E-state index in [2.05, 4.69) is 0 Å². The van der Waals surface area contributed by atoms with Crippen molar-refractivity contribution in [3.05, 3.63) is 35.9 Å². The zero-order valence-corrected chi connectivity index (χ0v) is 7.55. The zero-order valence-electron chi connectivity index (χ0n) is 7.55. The quantitative estimate of drug-likeness (QED) is 0.705. The molecule has 2 rings (SSSR count). The highest BCUT2D eigenvalue weighted by molar-refractivity contribution is 5.19. The maximum atomic E-state index is 9.27. The lowest BCUT2D eigenvalue weighted by Gasteiger charge is -2.16. The van der Waals surface area contributed by atoms with Crippen molar-refractivity contribution in [1.82, 2.24) is 5.06 Å². The molecule has 1 fully saturated rings. The molecule has 1 heterocycles. The first-order valence-electron chi connectivity index (χ1n) is 4.40. The van der Waals surface area contributed by atoms with E-state index in [0.29, 0.717) is 6.42 Å². The minimum Gasteiger partial charge on any atom is -0.366 e. The number of hydroxylamine groups is 2. The van der Waals surface area contributed by atoms with Crippen molar-refractivity contribution in [3.63, 3.8) is 0 Å². The summed E-state index contributed by atoms with van der Waals surface area (Å²) in [6.07, 6.45) is -0.0178. The van der Waals surface area contributed by atoms with Crippen molar-refractivity contribution >= 4 is 0 Å². The number of hydrogen-bond acceptors (Lipinski definition) is 3. The minimum absolute atomic E-state index is 0.177. The molecule has 0 aliphatic carbocycles. The Bertz CT molecular complexity index is 276. The third-order valence-corrected chi connectivity index (χ3v) is 2.34. The molecule has 13 heavy (non-hydrogen) atoms. The van der Waals surface area contributed by atoms with Gasteiger partial charge in [0.25, 0.3) is 0 Å². The number of benzene rings is 1. The first-order chi connectivity index (χ1) is 6.27. The highest BCUT2D eigenvalue weighted by atomic mass is 16.8. The second-order valence-electron chi connectivity index (χ2n) is 3.27. The summed E-state index contributed by atoms with van der Waals surface area (Å²) in [4.78, 5) is 5.12. The van der Waals surface area contributed by atoms with E-state index in [0.717, 1.165) is 0 Å². The lowest BCUT2D eigenvalue weighted by molar-refractivity contribution is -0.208. The van der Waals surface area contributed by atoms with Crippen LogP contribution < -0.4 is 0 Å². The van der Waals surface area contributed by atoms with E-state index in [1.54, 1.807) is 5.06 Å². The molecule has 1 aromatic rings. The van der Waals surface area contributed by atoms with Gasteiger partial charge in [-0.1, -0.05) is 30.3 Å². The van der Waals surface area contributed by atoms with Gasteiger partial charge in [-0.25, -0.2) is 0 Å². The number of rotatable bonds is 1. The van der Waals surface area contributed by atoms with E-state index in [-0.39, 0.29) is 6.04 Å². The lowest BCUT2D eigenvalue weighted by Crippen LogP contribution is -2.16. The van der Waals surface area contributed by atoms with Gasteiger partial charge in [-0.2, -0.15) is 5.06 Å². The molecular weight excluding hydrogens is 166 g/mol. The van der Waals surface area contributed by atoms with Crippen molar-refractivity contribution < 1.29 is 9.94 Å². The summed E-state index contributed by atoms with van der Waals surface area (Å²) in [6.45, 7) is 0. The van der Waals surface area contributed by atoms with Crippen LogP contribution >= 0.6 is 0 Å². The summed E-state index contributed by atoms with van der Waals surface area (Å²) >= 11 is 0. The molecule has 0 bridgehead atoms. The molecule has 2 unspecified atom stereocenters. The van der Waals surface area contributed by atoms with E-state index < -0.39 is 6.29 Å². The summed E-state index contributed by atoms with van der Waals surface area (Å²) in [5.74, 6) is 0. The summed E-state index contributed by atoms with van der Waals surface area (Å²) in [5, 5.41) is 11.0. The summed E-state index contributed by atoms with van der Waals surface area (Å²) in [7, 11) is 1.84. The van der Waals surface area contributed by atoms with Crippen LogP contribution in [-0.2, 0) is 4.84 Å². The van der Waals surface area contributed by atoms with E-state index >= 15 is 0 Å². The summed E-state index contributed by atoms with van der Waals surface area (Å²) in [5.41, 5.74) is 1.18. The molecule has 3 nitrogen and oxygen atoms in total. The Kier molecular flexibility index (Phi) is 2.31. The number of aliphatic hydroxyl groups excluding tert-OH is 1. The normalized spacial score (nSPS) is 29.4. The van der Waals surface area contributed by atoms with E-state index in [1.165, 1.54) is 5.56 Å². The Morgan fingerprint density at radius 3 is 2.62 bits per heavy atom. The smallest absolute Gasteiger partial charge is 0.176 e. The molecular formula is C10H13NO2. The average Bonchev–Trinajstić information content (AvgIpc) is 2.47. The Hall–Kier alpha value is -0.900. The Labute approximate surface area is 77.5 Å². The standard InChI is InChI=1S/C10H13NO2/c1-11-9(7-10(12)13-11)8-5-3-2-4-6-8/h2-6,9-10,12H,7H2,1H3. The predicted octanol–water partition coefficient (Wildman–Crippen LogP) is 1.31. The first kappa shape index (κ1) is 8.69. The Morgan fingerprint density at radius 2 is 2.08 bits per heavy atom. The molecule has 1 N–H and O–H groups in total. The average molecular weight is 179 g/mol. The van der Waals surface area contributed by atoms with Crippen molar-refractivity contribution in [1.29, 1.82) is 0 Å². The molecule has 0 saturated carbocycles. The van der Waals surface area contributed by atoms with Crippen molar-refractivity contribution in [2.45, 2.75) is 18.8 Å². The Balaban J connectivity index is 2.18. The van der Waals surface area contributed by atoms with Crippen molar-refractivity contribution in [2.24, 2.45) is 0 Å². The van der Waals surface area contributed by atoms with Crippen LogP contribution in [0.15, 0.2) is 30.3 Å². The molecule has 1 aliphatic heterocycles. The minimum atomic E-state index is -0.657. The van der Waals surface area contributed by atoms with E-state index in [4.69, 9.17) is 4.84 Å². The maximum absolute atomic E-state index is 9.27. The number of hydrogen-bond donors (Lipinski definition) is 1. The fourth-order valence-corrected chi connectivity index (χ4v) is 1.67. The molecule has 1 saturated heterocycles.